The van der Waals surface area contributed by atoms with E-state index < -0.39 is 0 Å². The lowest BCUT2D eigenvalue weighted by Crippen LogP contribution is -2.09. The summed E-state index contributed by atoms with van der Waals surface area (Å²) < 4.78 is 0. The van der Waals surface area contributed by atoms with Crippen LogP contribution in [0.15, 0.2) is 18.2 Å². The summed E-state index contributed by atoms with van der Waals surface area (Å²) in [6.45, 7) is 0. The van der Waals surface area contributed by atoms with Gasteiger partial charge in [0.05, 0.1) is 5.69 Å². The van der Waals surface area contributed by atoms with E-state index in [-0.39, 0.29) is 11.5 Å². The predicted molar refractivity (Wildman–Crippen MR) is 57.2 cm³/mol. The van der Waals surface area contributed by atoms with Crippen molar-refractivity contribution in [3.63, 3.8) is 0 Å². The number of fused-ring (bicyclic) bond motifs is 3. The van der Waals surface area contributed by atoms with E-state index in [1.165, 1.54) is 0 Å². The number of aromatic amines is 1. The minimum absolute atomic E-state index is 0.187. The van der Waals surface area contributed by atoms with Gasteiger partial charge < -0.3 is 10.1 Å². The van der Waals surface area contributed by atoms with Gasteiger partial charge in [-0.05, 0) is 36.6 Å². The molecule has 0 spiro atoms. The van der Waals surface area contributed by atoms with Gasteiger partial charge in [-0.2, -0.15) is 0 Å². The van der Waals surface area contributed by atoms with Gasteiger partial charge in [-0.25, -0.2) is 0 Å². The van der Waals surface area contributed by atoms with Crippen molar-refractivity contribution >= 4 is 16.7 Å². The summed E-state index contributed by atoms with van der Waals surface area (Å²) in [7, 11) is 0. The molecule has 0 amide bonds. The number of hydrogen-bond donors (Lipinski definition) is 2. The lowest BCUT2D eigenvalue weighted by Gasteiger charge is -2.09. The minimum Gasteiger partial charge on any atom is -0.508 e. The number of nitrogens with one attached hydrogen (secondary N) is 1. The van der Waals surface area contributed by atoms with Crippen molar-refractivity contribution in [2.45, 2.75) is 19.3 Å². The number of hydrogen-bond acceptors (Lipinski definition) is 2. The SMILES string of the molecule is O=C1CCCc2c1[nH]c1ccc(O)cc21. The van der Waals surface area contributed by atoms with Crippen LogP contribution in [0.2, 0.25) is 0 Å². The molecule has 76 valence electrons. The fourth-order valence-corrected chi connectivity index (χ4v) is 2.28. The van der Waals surface area contributed by atoms with Gasteiger partial charge in [0.25, 0.3) is 0 Å². The van der Waals surface area contributed by atoms with E-state index in [9.17, 15) is 9.90 Å². The molecular weight excluding hydrogens is 190 g/mol. The highest BCUT2D eigenvalue weighted by Crippen LogP contribution is 2.30. The summed E-state index contributed by atoms with van der Waals surface area (Å²) in [6.07, 6.45) is 2.46. The van der Waals surface area contributed by atoms with Gasteiger partial charge >= 0.3 is 0 Å². The van der Waals surface area contributed by atoms with Gasteiger partial charge in [0, 0.05) is 17.3 Å². The quantitative estimate of drug-likeness (QED) is 0.687. The Bertz CT molecular complexity index is 554. The number of aromatic hydroxyl groups is 1. The molecule has 0 atom stereocenters. The summed E-state index contributed by atoms with van der Waals surface area (Å²) in [5.41, 5.74) is 2.74. The summed E-state index contributed by atoms with van der Waals surface area (Å²) >= 11 is 0. The third-order valence-corrected chi connectivity index (χ3v) is 3.00. The average Bonchev–Trinajstić information content (AvgIpc) is 2.58. The topological polar surface area (TPSA) is 53.1 Å². The second-order valence-electron chi connectivity index (χ2n) is 3.99. The highest BCUT2D eigenvalue weighted by molar-refractivity contribution is 6.03. The summed E-state index contributed by atoms with van der Waals surface area (Å²) in [5.74, 6) is 0.439. The molecule has 15 heavy (non-hydrogen) atoms. The summed E-state index contributed by atoms with van der Waals surface area (Å²) in [5, 5.41) is 10.4. The molecule has 0 bridgehead atoms. The number of aromatic nitrogens is 1. The molecule has 1 heterocycles. The van der Waals surface area contributed by atoms with Crippen LogP contribution in [-0.2, 0) is 6.42 Å². The third kappa shape index (κ3) is 1.16. The number of Topliss-reactive ketones (excluding diaryl/α,β-unsaturated/α-hetero) is 1. The number of carbonyl (C=O) groups is 1. The third-order valence-electron chi connectivity index (χ3n) is 3.00. The summed E-state index contributed by atoms with van der Waals surface area (Å²) in [6, 6.07) is 5.17. The molecule has 1 aliphatic carbocycles. The van der Waals surface area contributed by atoms with Gasteiger partial charge in [-0.1, -0.05) is 0 Å². The molecule has 0 saturated heterocycles. The van der Waals surface area contributed by atoms with E-state index in [1.807, 2.05) is 6.07 Å². The number of ketones is 1. The zero-order valence-corrected chi connectivity index (χ0v) is 8.21. The molecule has 0 aliphatic heterocycles. The number of carbonyl (C=O) groups excluding carboxylic acids is 1. The molecule has 0 saturated carbocycles. The number of benzene rings is 1. The molecule has 3 heteroatoms. The van der Waals surface area contributed by atoms with Crippen LogP contribution in [0.4, 0.5) is 0 Å². The van der Waals surface area contributed by atoms with Gasteiger partial charge in [0.15, 0.2) is 5.78 Å². The second kappa shape index (κ2) is 2.86. The van der Waals surface area contributed by atoms with E-state index in [2.05, 4.69) is 4.98 Å². The Morgan fingerprint density at radius 1 is 1.27 bits per heavy atom. The molecule has 1 aliphatic rings. The molecule has 2 N–H and O–H groups in total. The van der Waals surface area contributed by atoms with E-state index >= 15 is 0 Å². The Morgan fingerprint density at radius 2 is 2.13 bits per heavy atom. The maximum atomic E-state index is 11.6. The number of aryl methyl sites for hydroxylation is 1. The fourth-order valence-electron chi connectivity index (χ4n) is 2.28. The van der Waals surface area contributed by atoms with Crippen LogP contribution in [0.5, 0.6) is 5.75 Å². The highest BCUT2D eigenvalue weighted by Gasteiger charge is 2.21. The van der Waals surface area contributed by atoms with Crippen LogP contribution in [0.3, 0.4) is 0 Å². The van der Waals surface area contributed by atoms with E-state index in [0.29, 0.717) is 6.42 Å². The number of rotatable bonds is 0. The number of phenols is 1. The first kappa shape index (κ1) is 8.53. The van der Waals surface area contributed by atoms with E-state index in [4.69, 9.17) is 0 Å². The largest absolute Gasteiger partial charge is 0.508 e. The Balaban J connectivity index is 2.36. The van der Waals surface area contributed by atoms with E-state index in [0.717, 1.165) is 35.0 Å². The first-order valence-electron chi connectivity index (χ1n) is 5.12. The lowest BCUT2D eigenvalue weighted by atomic mass is 9.95. The standard InChI is InChI=1S/C12H11NO2/c14-7-4-5-10-9(6-7)8-2-1-3-11(15)12(8)13-10/h4-6,13-14H,1-3H2. The van der Waals surface area contributed by atoms with Crippen molar-refractivity contribution in [3.8, 4) is 5.75 Å². The Morgan fingerprint density at radius 3 is 3.00 bits per heavy atom. The zero-order chi connectivity index (χ0) is 10.4. The van der Waals surface area contributed by atoms with Crippen LogP contribution in [0, 0.1) is 0 Å². The first-order valence-corrected chi connectivity index (χ1v) is 5.12. The molecule has 0 unspecified atom stereocenters. The molecule has 1 aromatic heterocycles. The number of H-pyrrole nitrogens is 1. The van der Waals surface area contributed by atoms with Crippen LogP contribution >= 0.6 is 0 Å². The maximum absolute atomic E-state index is 11.6. The van der Waals surface area contributed by atoms with Crippen molar-refractivity contribution in [1.82, 2.24) is 4.98 Å². The zero-order valence-electron chi connectivity index (χ0n) is 8.21. The lowest BCUT2D eigenvalue weighted by molar-refractivity contribution is 0.0968. The van der Waals surface area contributed by atoms with Gasteiger partial charge in [0.2, 0.25) is 0 Å². The Kier molecular flexibility index (Phi) is 1.63. The molecule has 1 aromatic carbocycles. The van der Waals surface area contributed by atoms with Crippen molar-refractivity contribution in [1.29, 1.82) is 0 Å². The normalized spacial score (nSPS) is 15.6. The van der Waals surface area contributed by atoms with Crippen molar-refractivity contribution in [2.75, 3.05) is 0 Å². The predicted octanol–water partition coefficient (Wildman–Crippen LogP) is 2.39. The molecule has 0 fully saturated rings. The maximum Gasteiger partial charge on any atom is 0.179 e. The number of phenolic OH excluding ortho intramolecular Hbond substituents is 1. The fraction of sp³-hybridized carbons (Fsp3) is 0.250. The van der Waals surface area contributed by atoms with Crippen molar-refractivity contribution < 1.29 is 9.90 Å². The van der Waals surface area contributed by atoms with Crippen molar-refractivity contribution in [3.05, 3.63) is 29.5 Å². The molecule has 0 radical (unpaired) electrons. The van der Waals surface area contributed by atoms with Crippen LogP contribution in [0.1, 0.15) is 28.9 Å². The Hall–Kier alpha value is -1.77. The van der Waals surface area contributed by atoms with Gasteiger partial charge in [-0.3, -0.25) is 4.79 Å². The molecule has 3 rings (SSSR count). The first-order chi connectivity index (χ1) is 7.25. The highest BCUT2D eigenvalue weighted by atomic mass is 16.3. The average molecular weight is 201 g/mol. The molecule has 3 nitrogen and oxygen atoms in total. The van der Waals surface area contributed by atoms with Crippen LogP contribution in [-0.4, -0.2) is 15.9 Å². The van der Waals surface area contributed by atoms with E-state index in [1.54, 1.807) is 12.1 Å². The second-order valence-corrected chi connectivity index (χ2v) is 3.99. The molecular formula is C12H11NO2. The monoisotopic (exact) mass is 201 g/mol. The Labute approximate surface area is 86.7 Å². The molecule has 2 aromatic rings. The minimum atomic E-state index is 0.187. The van der Waals surface area contributed by atoms with Crippen LogP contribution < -0.4 is 0 Å². The van der Waals surface area contributed by atoms with Gasteiger partial charge in [-0.15, -0.1) is 0 Å². The van der Waals surface area contributed by atoms with Crippen molar-refractivity contribution in [2.24, 2.45) is 0 Å². The van der Waals surface area contributed by atoms with Crippen LogP contribution in [0.25, 0.3) is 10.9 Å². The summed E-state index contributed by atoms with van der Waals surface area (Å²) in [4.78, 5) is 14.8. The smallest absolute Gasteiger partial charge is 0.179 e. The van der Waals surface area contributed by atoms with Gasteiger partial charge in [0.1, 0.15) is 5.75 Å².